The summed E-state index contributed by atoms with van der Waals surface area (Å²) in [5.41, 5.74) is 1.74. The van der Waals surface area contributed by atoms with Crippen LogP contribution in [-0.4, -0.2) is 50.6 Å². The van der Waals surface area contributed by atoms with E-state index < -0.39 is 5.97 Å². The third-order valence-electron chi connectivity index (χ3n) is 3.31. The molecule has 0 saturated carbocycles. The molecule has 6 nitrogen and oxygen atoms in total. The highest BCUT2D eigenvalue weighted by Gasteiger charge is 2.10. The third kappa shape index (κ3) is 2.90. The molecule has 0 saturated heterocycles. The average Bonchev–Trinajstić information content (AvgIpc) is 2.77. The van der Waals surface area contributed by atoms with Gasteiger partial charge in [-0.3, -0.25) is 0 Å². The van der Waals surface area contributed by atoms with E-state index in [1.165, 1.54) is 0 Å². The molecule has 2 aromatic rings. The van der Waals surface area contributed by atoms with Crippen LogP contribution in [0.2, 0.25) is 0 Å². The van der Waals surface area contributed by atoms with E-state index >= 15 is 0 Å². The fourth-order valence-corrected chi connectivity index (χ4v) is 1.77. The van der Waals surface area contributed by atoms with Crippen LogP contribution in [0.1, 0.15) is 24.2 Å². The van der Waals surface area contributed by atoms with Crippen molar-refractivity contribution in [1.29, 1.82) is 0 Å². The lowest BCUT2D eigenvalue weighted by Crippen LogP contribution is -2.30. The van der Waals surface area contributed by atoms with Crippen molar-refractivity contribution in [2.24, 2.45) is 0 Å². The summed E-state index contributed by atoms with van der Waals surface area (Å²) < 4.78 is 1.75. The van der Waals surface area contributed by atoms with Gasteiger partial charge in [-0.1, -0.05) is 5.21 Å². The number of carbonyl (C=O) groups is 1. The number of fused-ring (bicyclic) bond motifs is 1. The molecule has 1 heterocycles. The Bertz CT molecular complexity index is 591. The van der Waals surface area contributed by atoms with E-state index in [9.17, 15) is 4.79 Å². The number of carboxylic acid groups (broad SMARTS) is 1. The van der Waals surface area contributed by atoms with E-state index in [-0.39, 0.29) is 5.56 Å². The van der Waals surface area contributed by atoms with Crippen LogP contribution in [0.4, 0.5) is 0 Å². The molecule has 0 aliphatic heterocycles. The number of benzene rings is 1. The fraction of sp³-hybridized carbons (Fsp3) is 0.462. The van der Waals surface area contributed by atoms with Gasteiger partial charge in [-0.05, 0) is 39.1 Å². The number of hydrogen-bond acceptors (Lipinski definition) is 4. The second-order valence-corrected chi connectivity index (χ2v) is 4.90. The largest absolute Gasteiger partial charge is 0.478 e. The van der Waals surface area contributed by atoms with Crippen LogP contribution in [0.25, 0.3) is 11.0 Å². The Balaban J connectivity index is 2.23. The van der Waals surface area contributed by atoms with Crippen LogP contribution < -0.4 is 0 Å². The molecule has 0 unspecified atom stereocenters. The van der Waals surface area contributed by atoms with Crippen molar-refractivity contribution in [3.8, 4) is 0 Å². The highest BCUT2D eigenvalue weighted by atomic mass is 16.4. The van der Waals surface area contributed by atoms with Gasteiger partial charge in [0.25, 0.3) is 0 Å². The van der Waals surface area contributed by atoms with Gasteiger partial charge in [0, 0.05) is 12.6 Å². The molecule has 19 heavy (non-hydrogen) atoms. The van der Waals surface area contributed by atoms with Crippen molar-refractivity contribution in [1.82, 2.24) is 19.9 Å². The van der Waals surface area contributed by atoms with Crippen molar-refractivity contribution in [3.63, 3.8) is 0 Å². The van der Waals surface area contributed by atoms with E-state index in [1.54, 1.807) is 22.9 Å². The molecule has 0 bridgehead atoms. The number of nitrogens with zero attached hydrogens (tertiary/aromatic N) is 4. The molecule has 6 heteroatoms. The SMILES string of the molecule is CC(C)N(C)CCn1nnc2ccc(C(=O)O)cc21. The molecule has 0 amide bonds. The Hall–Kier alpha value is -1.95. The smallest absolute Gasteiger partial charge is 0.335 e. The van der Waals surface area contributed by atoms with E-state index in [2.05, 4.69) is 29.1 Å². The van der Waals surface area contributed by atoms with Gasteiger partial charge in [-0.25, -0.2) is 9.48 Å². The first kappa shape index (κ1) is 13.5. The summed E-state index contributed by atoms with van der Waals surface area (Å²) >= 11 is 0. The molecule has 0 atom stereocenters. The summed E-state index contributed by atoms with van der Waals surface area (Å²) in [4.78, 5) is 13.2. The van der Waals surface area contributed by atoms with Gasteiger partial charge in [0.2, 0.25) is 0 Å². The fourth-order valence-electron chi connectivity index (χ4n) is 1.77. The van der Waals surface area contributed by atoms with E-state index in [1.807, 2.05) is 7.05 Å². The predicted octanol–water partition coefficient (Wildman–Crippen LogP) is 1.47. The molecule has 0 radical (unpaired) electrons. The number of rotatable bonds is 5. The molecule has 1 aromatic carbocycles. The summed E-state index contributed by atoms with van der Waals surface area (Å²) in [5.74, 6) is -0.936. The van der Waals surface area contributed by atoms with Crippen LogP contribution >= 0.6 is 0 Å². The summed E-state index contributed by atoms with van der Waals surface area (Å²) in [5, 5.41) is 17.1. The summed E-state index contributed by atoms with van der Waals surface area (Å²) in [6.07, 6.45) is 0. The van der Waals surface area contributed by atoms with Gasteiger partial charge in [0.1, 0.15) is 5.52 Å². The Labute approximate surface area is 111 Å². The van der Waals surface area contributed by atoms with Crippen molar-refractivity contribution < 1.29 is 9.90 Å². The topological polar surface area (TPSA) is 71.2 Å². The van der Waals surface area contributed by atoms with Gasteiger partial charge >= 0.3 is 5.97 Å². The van der Waals surface area contributed by atoms with Crippen molar-refractivity contribution >= 4 is 17.0 Å². The van der Waals surface area contributed by atoms with Crippen molar-refractivity contribution in [2.45, 2.75) is 26.4 Å². The quantitative estimate of drug-likeness (QED) is 0.883. The van der Waals surface area contributed by atoms with Crippen molar-refractivity contribution in [3.05, 3.63) is 23.8 Å². The van der Waals surface area contributed by atoms with Crippen LogP contribution in [0.5, 0.6) is 0 Å². The molecule has 1 N–H and O–H groups in total. The monoisotopic (exact) mass is 262 g/mol. The molecular formula is C13H18N4O2. The number of likely N-dealkylation sites (N-methyl/N-ethyl adjacent to an activating group) is 1. The van der Waals surface area contributed by atoms with E-state index in [0.29, 0.717) is 12.6 Å². The zero-order valence-corrected chi connectivity index (χ0v) is 11.4. The molecule has 0 spiro atoms. The zero-order valence-electron chi connectivity index (χ0n) is 11.4. The highest BCUT2D eigenvalue weighted by molar-refractivity contribution is 5.92. The summed E-state index contributed by atoms with van der Waals surface area (Å²) in [7, 11) is 2.05. The normalized spacial score (nSPS) is 11.6. The Kier molecular flexibility index (Phi) is 3.80. The number of aromatic carboxylic acids is 1. The first-order valence-corrected chi connectivity index (χ1v) is 6.26. The van der Waals surface area contributed by atoms with Gasteiger partial charge in [0.15, 0.2) is 0 Å². The summed E-state index contributed by atoms with van der Waals surface area (Å²) in [6.45, 7) is 5.78. The average molecular weight is 262 g/mol. The minimum Gasteiger partial charge on any atom is -0.478 e. The molecule has 1 aromatic heterocycles. The standard InChI is InChI=1S/C13H18N4O2/c1-9(2)16(3)6-7-17-12-8-10(13(18)19)4-5-11(12)14-15-17/h4-5,8-9H,6-7H2,1-3H3,(H,18,19). The van der Waals surface area contributed by atoms with Gasteiger partial charge in [-0.15, -0.1) is 5.10 Å². The number of carboxylic acids is 1. The maximum Gasteiger partial charge on any atom is 0.335 e. The first-order valence-electron chi connectivity index (χ1n) is 6.26. The van der Waals surface area contributed by atoms with Crippen molar-refractivity contribution in [2.75, 3.05) is 13.6 Å². The van der Waals surface area contributed by atoms with Crippen LogP contribution in [0.3, 0.4) is 0 Å². The lowest BCUT2D eigenvalue weighted by atomic mass is 10.2. The Morgan fingerprint density at radius 1 is 1.47 bits per heavy atom. The summed E-state index contributed by atoms with van der Waals surface area (Å²) in [6, 6.07) is 5.31. The lowest BCUT2D eigenvalue weighted by Gasteiger charge is -2.20. The molecule has 102 valence electrons. The first-order chi connectivity index (χ1) is 8.99. The van der Waals surface area contributed by atoms with Gasteiger partial charge in [0.05, 0.1) is 17.6 Å². The van der Waals surface area contributed by atoms with Crippen LogP contribution in [0.15, 0.2) is 18.2 Å². The predicted molar refractivity (Wildman–Crippen MR) is 72.3 cm³/mol. The minimum atomic E-state index is -0.936. The molecule has 2 rings (SSSR count). The second kappa shape index (κ2) is 5.36. The van der Waals surface area contributed by atoms with E-state index in [4.69, 9.17) is 5.11 Å². The van der Waals surface area contributed by atoms with Crippen LogP contribution in [-0.2, 0) is 6.54 Å². The second-order valence-electron chi connectivity index (χ2n) is 4.90. The number of aromatic nitrogens is 3. The van der Waals surface area contributed by atoms with E-state index in [0.717, 1.165) is 17.6 Å². The lowest BCUT2D eigenvalue weighted by molar-refractivity contribution is 0.0697. The maximum atomic E-state index is 11.0. The zero-order chi connectivity index (χ0) is 14.0. The molecule has 0 aliphatic carbocycles. The van der Waals surface area contributed by atoms with Gasteiger partial charge < -0.3 is 10.0 Å². The minimum absolute atomic E-state index is 0.258. The Morgan fingerprint density at radius 2 is 2.21 bits per heavy atom. The number of hydrogen-bond donors (Lipinski definition) is 1. The molecule has 0 fully saturated rings. The highest BCUT2D eigenvalue weighted by Crippen LogP contribution is 2.13. The molecule has 0 aliphatic rings. The molecular weight excluding hydrogens is 244 g/mol. The third-order valence-corrected chi connectivity index (χ3v) is 3.31. The Morgan fingerprint density at radius 3 is 2.84 bits per heavy atom. The van der Waals surface area contributed by atoms with Crippen LogP contribution in [0, 0.1) is 0 Å². The van der Waals surface area contributed by atoms with Gasteiger partial charge in [-0.2, -0.15) is 0 Å². The maximum absolute atomic E-state index is 11.0.